The fourth-order valence-electron chi connectivity index (χ4n) is 2.53. The first-order chi connectivity index (χ1) is 11.5. The number of nitrogens with zero attached hydrogens (tertiary/aromatic N) is 1. The minimum atomic E-state index is -0.959. The van der Waals surface area contributed by atoms with E-state index in [4.69, 9.17) is 33.3 Å². The van der Waals surface area contributed by atoms with Crippen LogP contribution in [0.1, 0.15) is 17.0 Å². The molecule has 1 fully saturated rings. The predicted octanol–water partition coefficient (Wildman–Crippen LogP) is 4.59. The number of ether oxygens (including phenoxy) is 1. The summed E-state index contributed by atoms with van der Waals surface area (Å²) in [5.41, 5.74) is 0.864. The summed E-state index contributed by atoms with van der Waals surface area (Å²) in [5.74, 6) is -1.88. The molecule has 2 aromatic rings. The minimum absolute atomic E-state index is 0.00454. The molecule has 6 heteroatoms. The van der Waals surface area contributed by atoms with Gasteiger partial charge in [-0.05, 0) is 17.7 Å². The van der Waals surface area contributed by atoms with E-state index in [9.17, 15) is 10.1 Å². The summed E-state index contributed by atoms with van der Waals surface area (Å²) < 4.78 is 5.33. The van der Waals surface area contributed by atoms with Gasteiger partial charge in [0.15, 0.2) is 5.76 Å². The SMILES string of the molecule is N#CC(=C1OC(=N)C(c2ccccc2Cl)C1=O)c1ccccc1Cl. The van der Waals surface area contributed by atoms with Crippen molar-refractivity contribution in [2.75, 3.05) is 0 Å². The highest BCUT2D eigenvalue weighted by Gasteiger charge is 2.41. The number of carbonyl (C=O) groups excluding carboxylic acids is 1. The van der Waals surface area contributed by atoms with E-state index in [-0.39, 0.29) is 17.2 Å². The Hall–Kier alpha value is -2.61. The monoisotopic (exact) mass is 356 g/mol. The highest BCUT2D eigenvalue weighted by atomic mass is 35.5. The molecule has 4 nitrogen and oxygen atoms in total. The maximum Gasteiger partial charge on any atom is 0.216 e. The van der Waals surface area contributed by atoms with Gasteiger partial charge in [0.05, 0.1) is 0 Å². The molecule has 1 unspecified atom stereocenters. The zero-order valence-corrected chi connectivity index (χ0v) is 13.7. The van der Waals surface area contributed by atoms with Crippen molar-refractivity contribution >= 4 is 40.5 Å². The summed E-state index contributed by atoms with van der Waals surface area (Å²) in [5, 5.41) is 18.2. The first kappa shape index (κ1) is 16.3. The van der Waals surface area contributed by atoms with E-state index in [1.54, 1.807) is 48.5 Å². The summed E-state index contributed by atoms with van der Waals surface area (Å²) >= 11 is 12.2. The lowest BCUT2D eigenvalue weighted by Crippen LogP contribution is -2.13. The van der Waals surface area contributed by atoms with Crippen molar-refractivity contribution in [3.05, 3.63) is 75.5 Å². The molecule has 1 atom stereocenters. The molecule has 0 radical (unpaired) electrons. The third-order valence-corrected chi connectivity index (χ3v) is 4.33. The lowest BCUT2D eigenvalue weighted by atomic mass is 9.93. The fourth-order valence-corrected chi connectivity index (χ4v) is 3.01. The second-order valence-electron chi connectivity index (χ2n) is 5.08. The summed E-state index contributed by atoms with van der Waals surface area (Å²) in [7, 11) is 0. The maximum atomic E-state index is 12.8. The van der Waals surface area contributed by atoms with Crippen molar-refractivity contribution in [1.82, 2.24) is 0 Å². The number of Topliss-reactive ketones (excluding diaryl/α,β-unsaturated/α-hetero) is 1. The van der Waals surface area contributed by atoms with Crippen molar-refractivity contribution in [2.45, 2.75) is 5.92 Å². The van der Waals surface area contributed by atoms with Crippen LogP contribution in [-0.4, -0.2) is 11.7 Å². The zero-order valence-electron chi connectivity index (χ0n) is 12.2. The Bertz CT molecular complexity index is 929. The van der Waals surface area contributed by atoms with Crippen molar-refractivity contribution < 1.29 is 9.53 Å². The number of rotatable bonds is 2. The zero-order chi connectivity index (χ0) is 17.3. The van der Waals surface area contributed by atoms with E-state index in [1.807, 2.05) is 6.07 Å². The molecule has 1 heterocycles. The molecule has 0 spiro atoms. The molecule has 1 saturated heterocycles. The molecule has 0 amide bonds. The van der Waals surface area contributed by atoms with E-state index in [1.165, 1.54) is 0 Å². The number of halogens is 2. The number of benzene rings is 2. The fraction of sp³-hybridized carbons (Fsp3) is 0.0556. The number of nitrogens with one attached hydrogen (secondary N) is 1. The van der Waals surface area contributed by atoms with Crippen LogP contribution in [0.4, 0.5) is 0 Å². The number of nitriles is 1. The molecule has 24 heavy (non-hydrogen) atoms. The van der Waals surface area contributed by atoms with Gasteiger partial charge >= 0.3 is 0 Å². The molecule has 0 bridgehead atoms. The van der Waals surface area contributed by atoms with E-state index >= 15 is 0 Å². The third-order valence-electron chi connectivity index (χ3n) is 3.66. The van der Waals surface area contributed by atoms with Gasteiger partial charge in [-0.1, -0.05) is 59.6 Å². The minimum Gasteiger partial charge on any atom is -0.437 e. The Kier molecular flexibility index (Phi) is 4.39. The first-order valence-electron chi connectivity index (χ1n) is 6.98. The lowest BCUT2D eigenvalue weighted by molar-refractivity contribution is -0.115. The van der Waals surface area contributed by atoms with Crippen LogP contribution in [0.15, 0.2) is 54.3 Å². The van der Waals surface area contributed by atoms with Crippen molar-refractivity contribution in [2.24, 2.45) is 0 Å². The molecule has 1 aliphatic rings. The van der Waals surface area contributed by atoms with Crippen molar-refractivity contribution in [3.8, 4) is 6.07 Å². The Morgan fingerprint density at radius 2 is 1.71 bits per heavy atom. The highest BCUT2D eigenvalue weighted by molar-refractivity contribution is 6.34. The van der Waals surface area contributed by atoms with Crippen LogP contribution in [0.5, 0.6) is 0 Å². The summed E-state index contributed by atoms with van der Waals surface area (Å²) in [6, 6.07) is 15.4. The second kappa shape index (κ2) is 6.48. The van der Waals surface area contributed by atoms with Gasteiger partial charge < -0.3 is 4.74 Å². The largest absolute Gasteiger partial charge is 0.437 e. The van der Waals surface area contributed by atoms with Crippen LogP contribution in [0.3, 0.4) is 0 Å². The summed E-state index contributed by atoms with van der Waals surface area (Å²) in [4.78, 5) is 12.8. The smallest absolute Gasteiger partial charge is 0.216 e. The quantitative estimate of drug-likeness (QED) is 0.631. The normalized spacial score (nSPS) is 19.0. The summed E-state index contributed by atoms with van der Waals surface area (Å²) in [6.45, 7) is 0. The second-order valence-corrected chi connectivity index (χ2v) is 5.90. The van der Waals surface area contributed by atoms with Gasteiger partial charge in [0.25, 0.3) is 0 Å². The number of ketones is 1. The molecule has 0 aromatic heterocycles. The Morgan fingerprint density at radius 3 is 2.33 bits per heavy atom. The van der Waals surface area contributed by atoms with Crippen LogP contribution in [0.25, 0.3) is 5.57 Å². The van der Waals surface area contributed by atoms with Crippen LogP contribution in [0, 0.1) is 16.7 Å². The number of hydrogen-bond acceptors (Lipinski definition) is 4. The molecule has 0 saturated carbocycles. The first-order valence-corrected chi connectivity index (χ1v) is 7.74. The van der Waals surface area contributed by atoms with Gasteiger partial charge in [-0.15, -0.1) is 0 Å². The van der Waals surface area contributed by atoms with Gasteiger partial charge in [-0.25, -0.2) is 0 Å². The molecule has 3 rings (SSSR count). The standard InChI is InChI=1S/C18H10Cl2N2O2/c19-13-7-3-1-5-10(13)12(9-21)17-16(23)15(18(22)24-17)11-6-2-4-8-14(11)20/h1-8,15,22H. The van der Waals surface area contributed by atoms with Gasteiger partial charge in [0.2, 0.25) is 11.7 Å². The number of carbonyl (C=O) groups is 1. The Labute approximate surface area is 148 Å². The highest BCUT2D eigenvalue weighted by Crippen LogP contribution is 2.37. The summed E-state index contributed by atoms with van der Waals surface area (Å²) in [6.07, 6.45) is 0. The predicted molar refractivity (Wildman–Crippen MR) is 92.0 cm³/mol. The number of hydrogen-bond donors (Lipinski definition) is 1. The molecular weight excluding hydrogens is 347 g/mol. The van der Waals surface area contributed by atoms with E-state index in [0.29, 0.717) is 21.2 Å². The van der Waals surface area contributed by atoms with Gasteiger partial charge in [0.1, 0.15) is 17.6 Å². The van der Waals surface area contributed by atoms with Gasteiger partial charge in [-0.2, -0.15) is 5.26 Å². The molecule has 1 N–H and O–H groups in total. The van der Waals surface area contributed by atoms with E-state index in [2.05, 4.69) is 0 Å². The van der Waals surface area contributed by atoms with E-state index < -0.39 is 11.7 Å². The molecular formula is C18H10Cl2N2O2. The average molecular weight is 357 g/mol. The molecule has 1 aliphatic heterocycles. The lowest BCUT2D eigenvalue weighted by Gasteiger charge is -2.07. The van der Waals surface area contributed by atoms with Crippen LogP contribution in [-0.2, 0) is 9.53 Å². The van der Waals surface area contributed by atoms with Gasteiger partial charge in [0, 0.05) is 15.6 Å². The number of allylic oxidation sites excluding steroid dienone is 2. The van der Waals surface area contributed by atoms with Crippen molar-refractivity contribution in [1.29, 1.82) is 10.7 Å². The van der Waals surface area contributed by atoms with Gasteiger partial charge in [-0.3, -0.25) is 10.2 Å². The van der Waals surface area contributed by atoms with E-state index in [0.717, 1.165) is 0 Å². The third kappa shape index (κ3) is 2.69. The topological polar surface area (TPSA) is 73.9 Å². The van der Waals surface area contributed by atoms with Crippen LogP contribution < -0.4 is 0 Å². The molecule has 118 valence electrons. The van der Waals surface area contributed by atoms with Crippen LogP contribution in [0.2, 0.25) is 10.0 Å². The Balaban J connectivity index is 2.13. The molecule has 2 aromatic carbocycles. The molecule has 0 aliphatic carbocycles. The Morgan fingerprint density at radius 1 is 1.08 bits per heavy atom. The maximum absolute atomic E-state index is 12.8. The van der Waals surface area contributed by atoms with Crippen molar-refractivity contribution in [3.63, 3.8) is 0 Å². The average Bonchev–Trinajstić information content (AvgIpc) is 2.85. The van der Waals surface area contributed by atoms with Crippen LogP contribution >= 0.6 is 23.2 Å².